The first-order valence-electron chi connectivity index (χ1n) is 5.18. The van der Waals surface area contributed by atoms with Crippen molar-refractivity contribution in [3.8, 4) is 0 Å². The van der Waals surface area contributed by atoms with Gasteiger partial charge >= 0.3 is 0 Å². The van der Waals surface area contributed by atoms with Gasteiger partial charge in [0.25, 0.3) is 11.6 Å². The molecular formula is C11H14ClN3O3. The van der Waals surface area contributed by atoms with E-state index in [0.29, 0.717) is 0 Å². The van der Waals surface area contributed by atoms with Crippen molar-refractivity contribution in [1.82, 2.24) is 5.32 Å². The zero-order valence-corrected chi connectivity index (χ0v) is 11.0. The molecule has 0 saturated heterocycles. The Morgan fingerprint density at radius 2 is 2.00 bits per heavy atom. The van der Waals surface area contributed by atoms with Crippen LogP contribution >= 0.6 is 11.6 Å². The highest BCUT2D eigenvalue weighted by Gasteiger charge is 2.21. The Morgan fingerprint density at radius 1 is 1.44 bits per heavy atom. The van der Waals surface area contributed by atoms with Crippen molar-refractivity contribution in [3.05, 3.63) is 32.8 Å². The van der Waals surface area contributed by atoms with E-state index in [9.17, 15) is 14.9 Å². The first kappa shape index (κ1) is 14.2. The topological polar surface area (TPSA) is 98.3 Å². The van der Waals surface area contributed by atoms with Gasteiger partial charge in [-0.15, -0.1) is 0 Å². The lowest BCUT2D eigenvalue weighted by molar-refractivity contribution is -0.383. The van der Waals surface area contributed by atoms with E-state index in [1.807, 2.05) is 0 Å². The predicted octanol–water partition coefficient (Wildman–Crippen LogP) is 2.36. The quantitative estimate of drug-likeness (QED) is 0.490. The maximum absolute atomic E-state index is 11.9. The maximum Gasteiger partial charge on any atom is 0.294 e. The van der Waals surface area contributed by atoms with Gasteiger partial charge < -0.3 is 11.1 Å². The first-order chi connectivity index (χ1) is 8.11. The molecule has 0 bridgehead atoms. The second-order valence-corrected chi connectivity index (χ2v) is 5.26. The molecule has 0 aliphatic rings. The van der Waals surface area contributed by atoms with Crippen molar-refractivity contribution in [2.75, 3.05) is 5.73 Å². The van der Waals surface area contributed by atoms with Crippen LogP contribution in [0.25, 0.3) is 0 Å². The molecular weight excluding hydrogens is 258 g/mol. The fourth-order valence-corrected chi connectivity index (χ4v) is 1.51. The third kappa shape index (κ3) is 3.33. The largest absolute Gasteiger partial charge is 0.392 e. The van der Waals surface area contributed by atoms with Gasteiger partial charge in [-0.2, -0.15) is 0 Å². The van der Waals surface area contributed by atoms with Crippen LogP contribution in [-0.2, 0) is 0 Å². The number of halogens is 1. The molecule has 98 valence electrons. The van der Waals surface area contributed by atoms with Gasteiger partial charge in [0.2, 0.25) is 0 Å². The van der Waals surface area contributed by atoms with E-state index in [-0.39, 0.29) is 22.0 Å². The number of nitrogens with zero attached hydrogens (tertiary/aromatic N) is 1. The zero-order chi connectivity index (χ0) is 14.1. The summed E-state index contributed by atoms with van der Waals surface area (Å²) in [5, 5.41) is 13.4. The molecule has 0 radical (unpaired) electrons. The Labute approximate surface area is 109 Å². The minimum absolute atomic E-state index is 0.0109. The normalized spacial score (nSPS) is 11.1. The molecule has 0 heterocycles. The monoisotopic (exact) mass is 271 g/mol. The Kier molecular flexibility index (Phi) is 3.81. The standard InChI is InChI=1S/C11H14ClN3O3/c1-11(2,3)14-10(16)6-4-7(12)9(13)8(5-6)15(17)18/h4-5H,13H2,1-3H3,(H,14,16). The molecule has 18 heavy (non-hydrogen) atoms. The maximum atomic E-state index is 11.9. The van der Waals surface area contributed by atoms with Crippen molar-refractivity contribution in [2.45, 2.75) is 26.3 Å². The summed E-state index contributed by atoms with van der Waals surface area (Å²) in [6.07, 6.45) is 0. The molecule has 0 spiro atoms. The minimum atomic E-state index is -0.672. The summed E-state index contributed by atoms with van der Waals surface area (Å²) in [6.45, 7) is 5.41. The van der Waals surface area contributed by atoms with Crippen molar-refractivity contribution < 1.29 is 9.72 Å². The van der Waals surface area contributed by atoms with E-state index in [1.54, 1.807) is 20.8 Å². The van der Waals surface area contributed by atoms with E-state index < -0.39 is 16.4 Å². The average molecular weight is 272 g/mol. The number of hydrogen-bond acceptors (Lipinski definition) is 4. The van der Waals surface area contributed by atoms with Crippen molar-refractivity contribution >= 4 is 28.9 Å². The molecule has 1 aromatic carbocycles. The van der Waals surface area contributed by atoms with Gasteiger partial charge in [0.05, 0.1) is 9.95 Å². The summed E-state index contributed by atoms with van der Waals surface area (Å²) in [4.78, 5) is 22.0. The molecule has 3 N–H and O–H groups in total. The second kappa shape index (κ2) is 4.81. The van der Waals surface area contributed by atoms with Gasteiger partial charge in [-0.3, -0.25) is 14.9 Å². The third-order valence-corrected chi connectivity index (χ3v) is 2.37. The number of nitrogens with one attached hydrogen (secondary N) is 1. The number of benzene rings is 1. The molecule has 1 aromatic rings. The second-order valence-electron chi connectivity index (χ2n) is 4.85. The van der Waals surface area contributed by atoms with Crippen LogP contribution in [0.4, 0.5) is 11.4 Å². The summed E-state index contributed by atoms with van der Waals surface area (Å²) < 4.78 is 0. The number of nitro groups is 1. The van der Waals surface area contributed by atoms with Crippen LogP contribution in [0.1, 0.15) is 31.1 Å². The highest BCUT2D eigenvalue weighted by molar-refractivity contribution is 6.34. The number of carbonyl (C=O) groups is 1. The van der Waals surface area contributed by atoms with Crippen LogP contribution in [0.2, 0.25) is 5.02 Å². The van der Waals surface area contributed by atoms with Crippen LogP contribution in [0, 0.1) is 10.1 Å². The Balaban J connectivity index is 3.19. The van der Waals surface area contributed by atoms with Crippen LogP contribution in [0.3, 0.4) is 0 Å². The SMILES string of the molecule is CC(C)(C)NC(=O)c1cc(Cl)c(N)c([N+](=O)[O-])c1. The van der Waals surface area contributed by atoms with Gasteiger partial charge in [-0.05, 0) is 26.8 Å². The van der Waals surface area contributed by atoms with Gasteiger partial charge in [-0.1, -0.05) is 11.6 Å². The van der Waals surface area contributed by atoms with Crippen LogP contribution in [0.5, 0.6) is 0 Å². The summed E-state index contributed by atoms with van der Waals surface area (Å²) in [7, 11) is 0. The summed E-state index contributed by atoms with van der Waals surface area (Å²) in [5.74, 6) is -0.438. The first-order valence-corrected chi connectivity index (χ1v) is 5.55. The summed E-state index contributed by atoms with van der Waals surface area (Å²) in [6, 6.07) is 2.42. The van der Waals surface area contributed by atoms with Crippen LogP contribution < -0.4 is 11.1 Å². The fraction of sp³-hybridized carbons (Fsp3) is 0.364. The van der Waals surface area contributed by atoms with Crippen molar-refractivity contribution in [1.29, 1.82) is 0 Å². The molecule has 0 unspecified atom stereocenters. The Hall–Kier alpha value is -1.82. The van der Waals surface area contributed by atoms with Crippen molar-refractivity contribution in [2.24, 2.45) is 0 Å². The van der Waals surface area contributed by atoms with Crippen LogP contribution in [0.15, 0.2) is 12.1 Å². The molecule has 0 fully saturated rings. The minimum Gasteiger partial charge on any atom is -0.392 e. The Bertz CT molecular complexity index is 509. The summed E-state index contributed by atoms with van der Waals surface area (Å²) in [5.41, 5.74) is 4.62. The number of rotatable bonds is 2. The molecule has 0 aliphatic carbocycles. The highest BCUT2D eigenvalue weighted by atomic mass is 35.5. The molecule has 6 nitrogen and oxygen atoms in total. The molecule has 0 aromatic heterocycles. The van der Waals surface area contributed by atoms with Gasteiger partial charge in [0.1, 0.15) is 5.69 Å². The van der Waals surface area contributed by atoms with Gasteiger partial charge in [0, 0.05) is 17.2 Å². The fourth-order valence-electron chi connectivity index (χ4n) is 1.30. The number of nitrogens with two attached hydrogens (primary N) is 1. The number of carbonyl (C=O) groups excluding carboxylic acids is 1. The number of nitrogen functional groups attached to an aromatic ring is 1. The third-order valence-electron chi connectivity index (χ3n) is 2.06. The molecule has 1 rings (SSSR count). The van der Waals surface area contributed by atoms with E-state index in [1.165, 1.54) is 6.07 Å². The lowest BCUT2D eigenvalue weighted by atomic mass is 10.1. The number of hydrogen-bond donors (Lipinski definition) is 2. The number of nitro benzene ring substituents is 1. The van der Waals surface area contributed by atoms with Crippen molar-refractivity contribution in [3.63, 3.8) is 0 Å². The average Bonchev–Trinajstić information content (AvgIpc) is 2.18. The van der Waals surface area contributed by atoms with Gasteiger partial charge in [0.15, 0.2) is 0 Å². The molecule has 1 amide bonds. The number of amides is 1. The summed E-state index contributed by atoms with van der Waals surface area (Å²) >= 11 is 5.77. The molecule has 0 saturated carbocycles. The predicted molar refractivity (Wildman–Crippen MR) is 69.7 cm³/mol. The van der Waals surface area contributed by atoms with E-state index >= 15 is 0 Å². The van der Waals surface area contributed by atoms with E-state index in [0.717, 1.165) is 6.07 Å². The molecule has 7 heteroatoms. The molecule has 0 aliphatic heterocycles. The van der Waals surface area contributed by atoms with E-state index in [2.05, 4.69) is 5.32 Å². The smallest absolute Gasteiger partial charge is 0.294 e. The molecule has 0 atom stereocenters. The van der Waals surface area contributed by atoms with E-state index in [4.69, 9.17) is 17.3 Å². The lowest BCUT2D eigenvalue weighted by Crippen LogP contribution is -2.40. The van der Waals surface area contributed by atoms with Crippen LogP contribution in [-0.4, -0.2) is 16.4 Å². The highest BCUT2D eigenvalue weighted by Crippen LogP contribution is 2.30. The lowest BCUT2D eigenvalue weighted by Gasteiger charge is -2.20. The zero-order valence-electron chi connectivity index (χ0n) is 10.3. The van der Waals surface area contributed by atoms with Gasteiger partial charge in [-0.25, -0.2) is 0 Å². The number of anilines is 1. The Morgan fingerprint density at radius 3 is 2.44 bits per heavy atom.